The third-order valence-electron chi connectivity index (χ3n) is 5.16. The summed E-state index contributed by atoms with van der Waals surface area (Å²) in [6, 6.07) is 4.48. The smallest absolute Gasteiger partial charge is 0.224 e. The van der Waals surface area contributed by atoms with Crippen LogP contribution in [0, 0.1) is 24.6 Å². The summed E-state index contributed by atoms with van der Waals surface area (Å²) in [5.41, 5.74) is 1.52. The van der Waals surface area contributed by atoms with E-state index in [-0.39, 0.29) is 17.6 Å². The summed E-state index contributed by atoms with van der Waals surface area (Å²) in [5.74, 6) is 0.573. The third kappa shape index (κ3) is 4.54. The van der Waals surface area contributed by atoms with Crippen LogP contribution in [0.3, 0.4) is 0 Å². The van der Waals surface area contributed by atoms with Gasteiger partial charge in [-0.3, -0.25) is 9.69 Å². The van der Waals surface area contributed by atoms with Gasteiger partial charge in [-0.15, -0.1) is 0 Å². The molecule has 2 N–H and O–H groups in total. The summed E-state index contributed by atoms with van der Waals surface area (Å²) in [5, 5.41) is 13.6. The van der Waals surface area contributed by atoms with Gasteiger partial charge in [0.05, 0.1) is 12.0 Å². The molecule has 0 spiro atoms. The number of rotatable bonds is 6. The molecule has 4 nitrogen and oxygen atoms in total. The summed E-state index contributed by atoms with van der Waals surface area (Å²) in [4.78, 5) is 14.4. The minimum atomic E-state index is -0.654. The number of carbonyl (C=O) groups excluding carboxylic acids is 1. The maximum Gasteiger partial charge on any atom is 0.224 e. The number of nitrogens with one attached hydrogen (secondary N) is 1. The molecule has 1 aromatic rings. The molecule has 2 aliphatic rings. The first kappa shape index (κ1) is 17.4. The van der Waals surface area contributed by atoms with E-state index in [2.05, 4.69) is 10.2 Å². The number of aliphatic hydroxyl groups is 1. The van der Waals surface area contributed by atoms with E-state index in [0.29, 0.717) is 19.0 Å². The quantitative estimate of drug-likeness (QED) is 0.840. The van der Waals surface area contributed by atoms with Crippen molar-refractivity contribution in [2.75, 3.05) is 26.2 Å². The van der Waals surface area contributed by atoms with Crippen molar-refractivity contribution >= 4 is 5.91 Å². The van der Waals surface area contributed by atoms with E-state index in [1.807, 2.05) is 6.92 Å². The molecule has 1 aromatic carbocycles. The summed E-state index contributed by atoms with van der Waals surface area (Å²) in [7, 11) is 0. The highest BCUT2D eigenvalue weighted by molar-refractivity contribution is 5.79. The number of amides is 1. The zero-order valence-corrected chi connectivity index (χ0v) is 14.3. The largest absolute Gasteiger partial charge is 0.387 e. The zero-order chi connectivity index (χ0) is 17.1. The normalized spacial score (nSPS) is 23.0. The molecule has 5 heteroatoms. The lowest BCUT2D eigenvalue weighted by Gasteiger charge is -2.33. The highest BCUT2D eigenvalue weighted by atomic mass is 19.1. The third-order valence-corrected chi connectivity index (χ3v) is 5.16. The van der Waals surface area contributed by atoms with Gasteiger partial charge in [0.2, 0.25) is 5.91 Å². The number of hydrogen-bond acceptors (Lipinski definition) is 3. The summed E-state index contributed by atoms with van der Waals surface area (Å²) >= 11 is 0. The molecular weight excluding hydrogens is 307 g/mol. The highest BCUT2D eigenvalue weighted by Crippen LogP contribution is 2.28. The minimum Gasteiger partial charge on any atom is -0.387 e. The van der Waals surface area contributed by atoms with Crippen LogP contribution in [0.15, 0.2) is 18.2 Å². The van der Waals surface area contributed by atoms with Gasteiger partial charge in [-0.2, -0.15) is 0 Å². The molecule has 1 aliphatic heterocycles. The molecule has 1 amide bonds. The van der Waals surface area contributed by atoms with Gasteiger partial charge in [-0.05, 0) is 68.3 Å². The van der Waals surface area contributed by atoms with Crippen LogP contribution in [0.25, 0.3) is 0 Å². The summed E-state index contributed by atoms with van der Waals surface area (Å²) in [6.07, 6.45) is 3.70. The Balaban J connectivity index is 1.53. The first-order valence-electron chi connectivity index (χ1n) is 8.97. The van der Waals surface area contributed by atoms with E-state index in [4.69, 9.17) is 0 Å². The molecule has 2 fully saturated rings. The van der Waals surface area contributed by atoms with Gasteiger partial charge in [0, 0.05) is 19.6 Å². The Labute approximate surface area is 143 Å². The zero-order valence-electron chi connectivity index (χ0n) is 14.3. The lowest BCUT2D eigenvalue weighted by Crippen LogP contribution is -2.44. The van der Waals surface area contributed by atoms with E-state index in [9.17, 15) is 14.3 Å². The van der Waals surface area contributed by atoms with Crippen LogP contribution in [-0.4, -0.2) is 42.1 Å². The predicted octanol–water partition coefficient (Wildman–Crippen LogP) is 2.41. The van der Waals surface area contributed by atoms with E-state index >= 15 is 0 Å². The van der Waals surface area contributed by atoms with E-state index in [1.165, 1.54) is 25.0 Å². The topological polar surface area (TPSA) is 52.6 Å². The number of carbonyl (C=O) groups is 1. The molecule has 2 atom stereocenters. The van der Waals surface area contributed by atoms with Crippen LogP contribution in [-0.2, 0) is 4.79 Å². The molecule has 1 saturated carbocycles. The van der Waals surface area contributed by atoms with Crippen molar-refractivity contribution in [1.82, 2.24) is 10.2 Å². The second-order valence-corrected chi connectivity index (χ2v) is 7.30. The molecule has 2 unspecified atom stereocenters. The number of aliphatic hydroxyl groups excluding tert-OH is 1. The van der Waals surface area contributed by atoms with E-state index < -0.39 is 6.10 Å². The van der Waals surface area contributed by atoms with Crippen molar-refractivity contribution in [3.05, 3.63) is 35.1 Å². The first-order chi connectivity index (χ1) is 11.5. The number of halogens is 1. The van der Waals surface area contributed by atoms with Crippen molar-refractivity contribution < 1.29 is 14.3 Å². The molecule has 0 radical (unpaired) electrons. The summed E-state index contributed by atoms with van der Waals surface area (Å²) < 4.78 is 13.2. The van der Waals surface area contributed by atoms with Crippen LogP contribution in [0.1, 0.15) is 42.9 Å². The number of β-amino-alcohol motifs (C(OH)–C–C–N with tert-alkyl or cyclic N) is 1. The van der Waals surface area contributed by atoms with Crippen LogP contribution in [0.5, 0.6) is 0 Å². The van der Waals surface area contributed by atoms with Crippen LogP contribution < -0.4 is 5.32 Å². The first-order valence-corrected chi connectivity index (χ1v) is 8.97. The van der Waals surface area contributed by atoms with Gasteiger partial charge >= 0.3 is 0 Å². The fourth-order valence-corrected chi connectivity index (χ4v) is 3.50. The minimum absolute atomic E-state index is 0.0130. The monoisotopic (exact) mass is 334 g/mol. The lowest BCUT2D eigenvalue weighted by atomic mass is 9.95. The maximum absolute atomic E-state index is 13.2. The number of aryl methyl sites for hydroxylation is 1. The van der Waals surface area contributed by atoms with Gasteiger partial charge in [0.15, 0.2) is 0 Å². The molecular formula is C19H27FN2O2. The van der Waals surface area contributed by atoms with Gasteiger partial charge in [0.25, 0.3) is 0 Å². The SMILES string of the molecule is Cc1cc(F)ccc1C(O)CN1CCCC(C(=O)NCC2CC2)C1. The van der Waals surface area contributed by atoms with Gasteiger partial charge < -0.3 is 10.4 Å². The van der Waals surface area contributed by atoms with Gasteiger partial charge in [-0.1, -0.05) is 6.07 Å². The molecule has 1 heterocycles. The van der Waals surface area contributed by atoms with E-state index in [1.54, 1.807) is 6.07 Å². The average Bonchev–Trinajstić information content (AvgIpc) is 3.37. The fraction of sp³-hybridized carbons (Fsp3) is 0.632. The maximum atomic E-state index is 13.2. The number of likely N-dealkylation sites (tertiary alicyclic amines) is 1. The van der Waals surface area contributed by atoms with Crippen molar-refractivity contribution in [3.8, 4) is 0 Å². The Morgan fingerprint density at radius 1 is 1.42 bits per heavy atom. The Bertz CT molecular complexity index is 589. The standard InChI is InChI=1S/C19H27FN2O2/c1-13-9-16(20)6-7-17(13)18(23)12-22-8-2-3-15(11-22)19(24)21-10-14-4-5-14/h6-7,9,14-15,18,23H,2-5,8,10-12H2,1H3,(H,21,24). The number of hydrogen-bond donors (Lipinski definition) is 2. The van der Waals surface area contributed by atoms with Gasteiger partial charge in [0.1, 0.15) is 5.82 Å². The molecule has 0 aromatic heterocycles. The Hall–Kier alpha value is -1.46. The molecule has 0 bridgehead atoms. The Morgan fingerprint density at radius 3 is 2.92 bits per heavy atom. The van der Waals surface area contributed by atoms with Gasteiger partial charge in [-0.25, -0.2) is 4.39 Å². The van der Waals surface area contributed by atoms with Crippen molar-refractivity contribution in [1.29, 1.82) is 0 Å². The van der Waals surface area contributed by atoms with Crippen molar-refractivity contribution in [2.45, 2.75) is 38.7 Å². The summed E-state index contributed by atoms with van der Waals surface area (Å²) in [6.45, 7) is 4.69. The number of piperidine rings is 1. The predicted molar refractivity (Wildman–Crippen MR) is 91.0 cm³/mol. The van der Waals surface area contributed by atoms with Crippen molar-refractivity contribution in [3.63, 3.8) is 0 Å². The number of nitrogens with zero attached hydrogens (tertiary/aromatic N) is 1. The average molecular weight is 334 g/mol. The molecule has 24 heavy (non-hydrogen) atoms. The molecule has 1 saturated heterocycles. The second-order valence-electron chi connectivity index (χ2n) is 7.30. The lowest BCUT2D eigenvalue weighted by molar-refractivity contribution is -0.127. The van der Waals surface area contributed by atoms with Crippen LogP contribution in [0.2, 0.25) is 0 Å². The van der Waals surface area contributed by atoms with Crippen LogP contribution in [0.4, 0.5) is 4.39 Å². The van der Waals surface area contributed by atoms with E-state index in [0.717, 1.165) is 37.1 Å². The Morgan fingerprint density at radius 2 is 2.21 bits per heavy atom. The highest BCUT2D eigenvalue weighted by Gasteiger charge is 2.29. The molecule has 3 rings (SSSR count). The van der Waals surface area contributed by atoms with Crippen molar-refractivity contribution in [2.24, 2.45) is 11.8 Å². The van der Waals surface area contributed by atoms with Crippen LogP contribution >= 0.6 is 0 Å². The molecule has 132 valence electrons. The molecule has 1 aliphatic carbocycles. The fourth-order valence-electron chi connectivity index (χ4n) is 3.50. The second kappa shape index (κ2) is 7.62. The Kier molecular flexibility index (Phi) is 5.51. The number of benzene rings is 1.